The van der Waals surface area contributed by atoms with E-state index in [1.165, 1.54) is 38.5 Å². The lowest BCUT2D eigenvalue weighted by Crippen LogP contribution is -2.06. The first kappa shape index (κ1) is 10.8. The number of rotatable bonds is 4. The SMILES string of the molecule is CC(=CCCN)CC1CCCCC1. The van der Waals surface area contributed by atoms with Gasteiger partial charge in [0.25, 0.3) is 0 Å². The Morgan fingerprint density at radius 2 is 2.00 bits per heavy atom. The summed E-state index contributed by atoms with van der Waals surface area (Å²) in [6.45, 7) is 3.05. The maximum atomic E-state index is 5.47. The molecule has 0 radical (unpaired) electrons. The van der Waals surface area contributed by atoms with E-state index in [0.717, 1.165) is 18.9 Å². The van der Waals surface area contributed by atoms with Crippen molar-refractivity contribution in [2.45, 2.75) is 51.9 Å². The molecule has 1 saturated carbocycles. The van der Waals surface area contributed by atoms with Crippen LogP contribution in [-0.2, 0) is 0 Å². The second-order valence-corrected chi connectivity index (χ2v) is 4.34. The van der Waals surface area contributed by atoms with Gasteiger partial charge in [0.05, 0.1) is 0 Å². The molecule has 0 unspecified atom stereocenters. The Morgan fingerprint density at radius 1 is 1.31 bits per heavy atom. The van der Waals surface area contributed by atoms with Gasteiger partial charge in [0.1, 0.15) is 0 Å². The van der Waals surface area contributed by atoms with Crippen molar-refractivity contribution < 1.29 is 0 Å². The van der Waals surface area contributed by atoms with Crippen molar-refractivity contribution in [2.24, 2.45) is 11.7 Å². The molecule has 13 heavy (non-hydrogen) atoms. The Kier molecular flexibility index (Phi) is 5.14. The minimum Gasteiger partial charge on any atom is -0.330 e. The maximum absolute atomic E-state index is 5.47. The highest BCUT2D eigenvalue weighted by atomic mass is 14.5. The third-order valence-electron chi connectivity index (χ3n) is 2.99. The first-order valence-electron chi connectivity index (χ1n) is 5.68. The summed E-state index contributed by atoms with van der Waals surface area (Å²) in [5.41, 5.74) is 7.02. The molecule has 0 amide bonds. The fourth-order valence-electron chi connectivity index (χ4n) is 2.26. The van der Waals surface area contributed by atoms with Crippen LogP contribution in [0, 0.1) is 5.92 Å². The molecule has 1 nitrogen and oxygen atoms in total. The van der Waals surface area contributed by atoms with Gasteiger partial charge in [-0.05, 0) is 32.2 Å². The van der Waals surface area contributed by atoms with Crippen molar-refractivity contribution >= 4 is 0 Å². The second-order valence-electron chi connectivity index (χ2n) is 4.34. The van der Waals surface area contributed by atoms with E-state index in [-0.39, 0.29) is 0 Å². The zero-order valence-corrected chi connectivity index (χ0v) is 8.89. The van der Waals surface area contributed by atoms with Gasteiger partial charge < -0.3 is 5.73 Å². The van der Waals surface area contributed by atoms with E-state index in [4.69, 9.17) is 5.73 Å². The van der Waals surface area contributed by atoms with Crippen LogP contribution < -0.4 is 5.73 Å². The van der Waals surface area contributed by atoms with E-state index in [2.05, 4.69) is 13.0 Å². The van der Waals surface area contributed by atoms with Gasteiger partial charge in [-0.15, -0.1) is 0 Å². The Labute approximate surface area is 82.4 Å². The second kappa shape index (κ2) is 6.20. The molecule has 1 aliphatic rings. The van der Waals surface area contributed by atoms with Crippen LogP contribution in [0.3, 0.4) is 0 Å². The summed E-state index contributed by atoms with van der Waals surface area (Å²) < 4.78 is 0. The molecule has 1 fully saturated rings. The van der Waals surface area contributed by atoms with Gasteiger partial charge in [-0.2, -0.15) is 0 Å². The minimum absolute atomic E-state index is 0.794. The van der Waals surface area contributed by atoms with E-state index in [0.29, 0.717) is 0 Å². The molecular weight excluding hydrogens is 158 g/mol. The van der Waals surface area contributed by atoms with Crippen molar-refractivity contribution in [3.63, 3.8) is 0 Å². The van der Waals surface area contributed by atoms with Gasteiger partial charge in [0.2, 0.25) is 0 Å². The molecule has 0 aromatic heterocycles. The lowest BCUT2D eigenvalue weighted by atomic mass is 9.85. The number of hydrogen-bond acceptors (Lipinski definition) is 1. The van der Waals surface area contributed by atoms with Crippen molar-refractivity contribution in [3.05, 3.63) is 11.6 Å². The Hall–Kier alpha value is -0.300. The molecule has 0 spiro atoms. The average molecular weight is 181 g/mol. The quantitative estimate of drug-likeness (QED) is 0.662. The van der Waals surface area contributed by atoms with E-state index < -0.39 is 0 Å². The minimum atomic E-state index is 0.794. The van der Waals surface area contributed by atoms with Crippen LogP contribution in [0.1, 0.15) is 51.9 Å². The Morgan fingerprint density at radius 3 is 2.62 bits per heavy atom. The van der Waals surface area contributed by atoms with Gasteiger partial charge in [0.15, 0.2) is 0 Å². The van der Waals surface area contributed by atoms with Crippen molar-refractivity contribution in [1.29, 1.82) is 0 Å². The largest absolute Gasteiger partial charge is 0.330 e. The number of hydrogen-bond donors (Lipinski definition) is 1. The van der Waals surface area contributed by atoms with E-state index in [9.17, 15) is 0 Å². The van der Waals surface area contributed by atoms with Crippen molar-refractivity contribution in [3.8, 4) is 0 Å². The van der Waals surface area contributed by atoms with Crippen molar-refractivity contribution in [2.75, 3.05) is 6.54 Å². The molecule has 0 saturated heterocycles. The standard InChI is InChI=1S/C12H23N/c1-11(6-5-9-13)10-12-7-3-2-4-8-12/h6,12H,2-5,7-10,13H2,1H3. The van der Waals surface area contributed by atoms with Crippen LogP contribution in [0.25, 0.3) is 0 Å². The summed E-state index contributed by atoms with van der Waals surface area (Å²) in [7, 11) is 0. The molecule has 76 valence electrons. The third kappa shape index (κ3) is 4.47. The predicted molar refractivity (Wildman–Crippen MR) is 58.6 cm³/mol. The highest BCUT2D eigenvalue weighted by Gasteiger charge is 2.12. The summed E-state index contributed by atoms with van der Waals surface area (Å²) in [6, 6.07) is 0. The molecule has 1 rings (SSSR count). The zero-order valence-electron chi connectivity index (χ0n) is 8.89. The predicted octanol–water partition coefficient (Wildman–Crippen LogP) is 3.25. The molecule has 0 aromatic carbocycles. The van der Waals surface area contributed by atoms with Gasteiger partial charge >= 0.3 is 0 Å². The van der Waals surface area contributed by atoms with Crippen LogP contribution in [-0.4, -0.2) is 6.54 Å². The lowest BCUT2D eigenvalue weighted by Gasteiger charge is -2.21. The number of allylic oxidation sites excluding steroid dienone is 1. The smallest absolute Gasteiger partial charge is 0.00425 e. The van der Waals surface area contributed by atoms with Crippen LogP contribution in [0.2, 0.25) is 0 Å². The molecule has 1 heteroatoms. The van der Waals surface area contributed by atoms with Crippen LogP contribution in [0.5, 0.6) is 0 Å². The first-order valence-corrected chi connectivity index (χ1v) is 5.68. The Balaban J connectivity index is 2.21. The van der Waals surface area contributed by atoms with Crippen LogP contribution >= 0.6 is 0 Å². The van der Waals surface area contributed by atoms with Crippen molar-refractivity contribution in [1.82, 2.24) is 0 Å². The van der Waals surface area contributed by atoms with Gasteiger partial charge in [-0.1, -0.05) is 43.8 Å². The van der Waals surface area contributed by atoms with E-state index in [1.807, 2.05) is 0 Å². The fourth-order valence-corrected chi connectivity index (χ4v) is 2.26. The molecule has 0 bridgehead atoms. The topological polar surface area (TPSA) is 26.0 Å². The summed E-state index contributed by atoms with van der Waals surface area (Å²) in [6.07, 6.45) is 12.0. The summed E-state index contributed by atoms with van der Waals surface area (Å²) in [5, 5.41) is 0. The molecule has 1 aliphatic carbocycles. The van der Waals surface area contributed by atoms with Gasteiger partial charge in [0, 0.05) is 0 Å². The fraction of sp³-hybridized carbons (Fsp3) is 0.833. The molecular formula is C12H23N. The summed E-state index contributed by atoms with van der Waals surface area (Å²) in [4.78, 5) is 0. The summed E-state index contributed by atoms with van der Waals surface area (Å²) in [5.74, 6) is 0.975. The third-order valence-corrected chi connectivity index (χ3v) is 2.99. The van der Waals surface area contributed by atoms with Crippen LogP contribution in [0.4, 0.5) is 0 Å². The number of nitrogens with two attached hydrogens (primary N) is 1. The molecule has 2 N–H and O–H groups in total. The highest BCUT2D eigenvalue weighted by Crippen LogP contribution is 2.28. The molecule has 0 aromatic rings. The Bertz CT molecular complexity index is 155. The zero-order chi connectivity index (χ0) is 9.52. The molecule has 0 atom stereocenters. The first-order chi connectivity index (χ1) is 6.33. The summed E-state index contributed by atoms with van der Waals surface area (Å²) >= 11 is 0. The molecule has 0 heterocycles. The monoisotopic (exact) mass is 181 g/mol. The lowest BCUT2D eigenvalue weighted by molar-refractivity contribution is 0.356. The molecule has 0 aliphatic heterocycles. The maximum Gasteiger partial charge on any atom is -0.00425 e. The van der Waals surface area contributed by atoms with Gasteiger partial charge in [-0.3, -0.25) is 0 Å². The van der Waals surface area contributed by atoms with E-state index >= 15 is 0 Å². The van der Waals surface area contributed by atoms with E-state index in [1.54, 1.807) is 5.57 Å². The average Bonchev–Trinajstić information content (AvgIpc) is 2.16. The van der Waals surface area contributed by atoms with Crippen LogP contribution in [0.15, 0.2) is 11.6 Å². The van der Waals surface area contributed by atoms with Gasteiger partial charge in [-0.25, -0.2) is 0 Å². The highest BCUT2D eigenvalue weighted by molar-refractivity contribution is 4.99. The normalized spacial score (nSPS) is 20.6.